The van der Waals surface area contributed by atoms with Gasteiger partial charge in [-0.2, -0.15) is 0 Å². The summed E-state index contributed by atoms with van der Waals surface area (Å²) in [5.41, 5.74) is -0.442. The van der Waals surface area contributed by atoms with Crippen molar-refractivity contribution in [3.63, 3.8) is 0 Å². The van der Waals surface area contributed by atoms with E-state index in [1.54, 1.807) is 0 Å². The number of fused-ring (bicyclic) bond motifs is 1. The SMILES string of the molecule is C[C@@H]1CC[C@@H]2[C@H]1CN(C)C[C@@]2(C)O. The van der Waals surface area contributed by atoms with Crippen molar-refractivity contribution in [1.29, 1.82) is 0 Å². The van der Waals surface area contributed by atoms with Crippen LogP contribution in [0, 0.1) is 17.8 Å². The van der Waals surface area contributed by atoms with Crippen LogP contribution in [0.25, 0.3) is 0 Å². The predicted molar refractivity (Wildman–Crippen MR) is 53.5 cm³/mol. The summed E-state index contributed by atoms with van der Waals surface area (Å²) in [5.74, 6) is 2.09. The zero-order valence-corrected chi connectivity index (χ0v) is 8.95. The van der Waals surface area contributed by atoms with E-state index in [9.17, 15) is 5.11 Å². The third-order valence-corrected chi connectivity index (χ3v) is 4.09. The molecule has 13 heavy (non-hydrogen) atoms. The molecule has 1 N–H and O–H groups in total. The van der Waals surface area contributed by atoms with Crippen LogP contribution >= 0.6 is 0 Å². The largest absolute Gasteiger partial charge is 0.389 e. The van der Waals surface area contributed by atoms with Gasteiger partial charge in [-0.05, 0) is 38.1 Å². The molecule has 0 aromatic heterocycles. The summed E-state index contributed by atoms with van der Waals surface area (Å²) in [6.07, 6.45) is 2.53. The van der Waals surface area contributed by atoms with Crippen molar-refractivity contribution in [2.45, 2.75) is 32.3 Å². The maximum Gasteiger partial charge on any atom is 0.0777 e. The first-order valence-corrected chi connectivity index (χ1v) is 5.41. The lowest BCUT2D eigenvalue weighted by molar-refractivity contribution is -0.0794. The second-order valence-corrected chi connectivity index (χ2v) is 5.38. The second kappa shape index (κ2) is 2.96. The van der Waals surface area contributed by atoms with Crippen molar-refractivity contribution in [2.75, 3.05) is 20.1 Å². The lowest BCUT2D eigenvalue weighted by Crippen LogP contribution is -2.54. The summed E-state index contributed by atoms with van der Waals surface area (Å²) >= 11 is 0. The molecule has 2 fully saturated rings. The van der Waals surface area contributed by atoms with E-state index in [0.29, 0.717) is 5.92 Å². The highest BCUT2D eigenvalue weighted by atomic mass is 16.3. The molecule has 1 aliphatic heterocycles. The van der Waals surface area contributed by atoms with E-state index in [2.05, 4.69) is 18.9 Å². The van der Waals surface area contributed by atoms with Crippen molar-refractivity contribution < 1.29 is 5.11 Å². The van der Waals surface area contributed by atoms with E-state index in [-0.39, 0.29) is 0 Å². The van der Waals surface area contributed by atoms with E-state index in [0.717, 1.165) is 18.4 Å². The van der Waals surface area contributed by atoms with Crippen LogP contribution in [0.2, 0.25) is 0 Å². The summed E-state index contributed by atoms with van der Waals surface area (Å²) in [4.78, 5) is 2.28. The summed E-state index contributed by atoms with van der Waals surface area (Å²) in [7, 11) is 2.12. The van der Waals surface area contributed by atoms with Crippen molar-refractivity contribution in [2.24, 2.45) is 17.8 Å². The number of likely N-dealkylation sites (tertiary alicyclic amines) is 1. The van der Waals surface area contributed by atoms with Gasteiger partial charge in [-0.25, -0.2) is 0 Å². The number of aliphatic hydroxyl groups is 1. The fraction of sp³-hybridized carbons (Fsp3) is 1.00. The fourth-order valence-electron chi connectivity index (χ4n) is 3.43. The lowest BCUT2D eigenvalue weighted by atomic mass is 9.75. The quantitative estimate of drug-likeness (QED) is 0.612. The van der Waals surface area contributed by atoms with E-state index in [1.807, 2.05) is 6.92 Å². The minimum absolute atomic E-state index is 0.442. The molecule has 1 saturated carbocycles. The minimum atomic E-state index is -0.442. The Morgan fingerprint density at radius 3 is 2.77 bits per heavy atom. The monoisotopic (exact) mass is 183 g/mol. The molecule has 4 atom stereocenters. The molecule has 0 unspecified atom stereocenters. The van der Waals surface area contributed by atoms with Crippen molar-refractivity contribution in [3.8, 4) is 0 Å². The van der Waals surface area contributed by atoms with Gasteiger partial charge in [-0.3, -0.25) is 0 Å². The highest BCUT2D eigenvalue weighted by Crippen LogP contribution is 2.45. The van der Waals surface area contributed by atoms with Gasteiger partial charge >= 0.3 is 0 Å². The predicted octanol–water partition coefficient (Wildman–Crippen LogP) is 1.35. The van der Waals surface area contributed by atoms with E-state index >= 15 is 0 Å². The fourth-order valence-corrected chi connectivity index (χ4v) is 3.43. The minimum Gasteiger partial charge on any atom is -0.389 e. The zero-order chi connectivity index (χ0) is 9.64. The lowest BCUT2D eigenvalue weighted by Gasteiger charge is -2.44. The Kier molecular flexibility index (Phi) is 2.16. The molecule has 1 saturated heterocycles. The molecule has 2 aliphatic rings. The third-order valence-electron chi connectivity index (χ3n) is 4.09. The molecule has 2 heteroatoms. The summed E-state index contributed by atoms with van der Waals surface area (Å²) < 4.78 is 0. The molecule has 2 nitrogen and oxygen atoms in total. The molecular weight excluding hydrogens is 162 g/mol. The van der Waals surface area contributed by atoms with Gasteiger partial charge < -0.3 is 10.0 Å². The van der Waals surface area contributed by atoms with Gasteiger partial charge in [0.25, 0.3) is 0 Å². The number of hydrogen-bond donors (Lipinski definition) is 1. The Morgan fingerprint density at radius 1 is 1.38 bits per heavy atom. The van der Waals surface area contributed by atoms with Crippen LogP contribution < -0.4 is 0 Å². The van der Waals surface area contributed by atoms with E-state index < -0.39 is 5.60 Å². The number of nitrogens with zero attached hydrogens (tertiary/aromatic N) is 1. The van der Waals surface area contributed by atoms with Crippen LogP contribution in [-0.4, -0.2) is 35.7 Å². The maximum atomic E-state index is 10.3. The Hall–Kier alpha value is -0.0800. The van der Waals surface area contributed by atoms with Gasteiger partial charge in [0.15, 0.2) is 0 Å². The van der Waals surface area contributed by atoms with Gasteiger partial charge in [0.05, 0.1) is 5.60 Å². The molecule has 1 aliphatic carbocycles. The van der Waals surface area contributed by atoms with Gasteiger partial charge in [-0.15, -0.1) is 0 Å². The Bertz CT molecular complexity index is 202. The number of hydrogen-bond acceptors (Lipinski definition) is 2. The third kappa shape index (κ3) is 1.50. The average Bonchev–Trinajstić information content (AvgIpc) is 2.31. The molecule has 2 rings (SSSR count). The molecule has 0 aromatic carbocycles. The summed E-state index contributed by atoms with van der Waals surface area (Å²) in [5, 5.41) is 10.3. The highest BCUT2D eigenvalue weighted by molar-refractivity contribution is 4.99. The number of likely N-dealkylation sites (N-methyl/N-ethyl adjacent to an activating group) is 1. The van der Waals surface area contributed by atoms with E-state index in [4.69, 9.17) is 0 Å². The first-order valence-electron chi connectivity index (χ1n) is 5.41. The van der Waals surface area contributed by atoms with Gasteiger partial charge in [0.2, 0.25) is 0 Å². The van der Waals surface area contributed by atoms with Gasteiger partial charge in [0, 0.05) is 13.1 Å². The van der Waals surface area contributed by atoms with Crippen molar-refractivity contribution in [3.05, 3.63) is 0 Å². The Morgan fingerprint density at radius 2 is 2.08 bits per heavy atom. The Balaban J connectivity index is 2.18. The Labute approximate surface area is 80.9 Å². The number of rotatable bonds is 0. The first kappa shape index (κ1) is 9.47. The molecular formula is C11H21NO. The van der Waals surface area contributed by atoms with Crippen LogP contribution in [-0.2, 0) is 0 Å². The molecule has 0 aromatic rings. The van der Waals surface area contributed by atoms with Crippen LogP contribution in [0.1, 0.15) is 26.7 Å². The zero-order valence-electron chi connectivity index (χ0n) is 8.95. The molecule has 0 spiro atoms. The first-order chi connectivity index (χ1) is 6.00. The van der Waals surface area contributed by atoms with Crippen LogP contribution in [0.5, 0.6) is 0 Å². The van der Waals surface area contributed by atoms with E-state index in [1.165, 1.54) is 19.4 Å². The maximum absolute atomic E-state index is 10.3. The van der Waals surface area contributed by atoms with Crippen LogP contribution in [0.3, 0.4) is 0 Å². The van der Waals surface area contributed by atoms with Crippen LogP contribution in [0.15, 0.2) is 0 Å². The molecule has 0 amide bonds. The molecule has 76 valence electrons. The summed E-state index contributed by atoms with van der Waals surface area (Å²) in [6.45, 7) is 6.38. The molecule has 1 heterocycles. The van der Waals surface area contributed by atoms with Crippen LogP contribution in [0.4, 0.5) is 0 Å². The van der Waals surface area contributed by atoms with Gasteiger partial charge in [0.1, 0.15) is 0 Å². The molecule has 0 radical (unpaired) electrons. The van der Waals surface area contributed by atoms with Crippen molar-refractivity contribution in [1.82, 2.24) is 4.90 Å². The highest BCUT2D eigenvalue weighted by Gasteiger charge is 2.47. The topological polar surface area (TPSA) is 23.5 Å². The smallest absolute Gasteiger partial charge is 0.0777 e. The van der Waals surface area contributed by atoms with Crippen molar-refractivity contribution >= 4 is 0 Å². The average molecular weight is 183 g/mol. The number of β-amino-alcohol motifs (C(OH)–C–C–N with tert-alkyl or cyclic N) is 1. The summed E-state index contributed by atoms with van der Waals surface area (Å²) in [6, 6.07) is 0. The second-order valence-electron chi connectivity index (χ2n) is 5.38. The standard InChI is InChI=1S/C11H21NO/c1-8-4-5-10-9(8)6-12(3)7-11(10,2)13/h8-10,13H,4-7H2,1-3H3/t8-,9+,10-,11-/m1/s1. The molecule has 0 bridgehead atoms. The number of piperidine rings is 1. The normalized spacial score (nSPS) is 52.2. The van der Waals surface area contributed by atoms with Gasteiger partial charge in [-0.1, -0.05) is 13.3 Å².